The van der Waals surface area contributed by atoms with Crippen molar-refractivity contribution in [1.82, 2.24) is 0 Å². The Kier molecular flexibility index (Phi) is 3.89. The third kappa shape index (κ3) is 2.28. The summed E-state index contributed by atoms with van der Waals surface area (Å²) in [6.45, 7) is 0. The lowest BCUT2D eigenvalue weighted by Gasteiger charge is -1.96. The standard InChI is InChI=1S/C7H8ClN.CH4/c1-9-7-4-2-6(8)3-5-7;/h2-5,9H,1H3;1H4. The minimum Gasteiger partial charge on any atom is -0.388 e. The quantitative estimate of drug-likeness (QED) is 0.661. The van der Waals surface area contributed by atoms with Crippen LogP contribution in [0.15, 0.2) is 24.3 Å². The van der Waals surface area contributed by atoms with E-state index in [0.717, 1.165) is 10.7 Å². The van der Waals surface area contributed by atoms with Crippen LogP contribution in [-0.4, -0.2) is 7.05 Å². The van der Waals surface area contributed by atoms with Crippen molar-refractivity contribution >= 4 is 17.3 Å². The van der Waals surface area contributed by atoms with Gasteiger partial charge in [-0.3, -0.25) is 0 Å². The molecule has 0 heterocycles. The van der Waals surface area contributed by atoms with Crippen molar-refractivity contribution < 1.29 is 0 Å². The Balaban J connectivity index is 0.000000810. The van der Waals surface area contributed by atoms with Crippen LogP contribution in [0.25, 0.3) is 0 Å². The number of hydrogen-bond donors (Lipinski definition) is 1. The van der Waals surface area contributed by atoms with Gasteiger partial charge in [-0.25, -0.2) is 0 Å². The molecule has 1 aromatic rings. The van der Waals surface area contributed by atoms with Gasteiger partial charge < -0.3 is 5.32 Å². The van der Waals surface area contributed by atoms with Crippen molar-refractivity contribution in [2.45, 2.75) is 7.43 Å². The summed E-state index contributed by atoms with van der Waals surface area (Å²) in [4.78, 5) is 0. The minimum absolute atomic E-state index is 0. The predicted octanol–water partition coefficient (Wildman–Crippen LogP) is 3.02. The Hall–Kier alpha value is -0.690. The largest absolute Gasteiger partial charge is 0.388 e. The number of benzene rings is 1. The van der Waals surface area contributed by atoms with Gasteiger partial charge in [-0.15, -0.1) is 0 Å². The first-order valence-electron chi connectivity index (χ1n) is 2.76. The molecule has 2 heteroatoms. The van der Waals surface area contributed by atoms with Crippen molar-refractivity contribution in [3.63, 3.8) is 0 Å². The fourth-order valence-electron chi connectivity index (χ4n) is 0.617. The Morgan fingerprint density at radius 1 is 1.20 bits per heavy atom. The highest BCUT2D eigenvalue weighted by atomic mass is 35.5. The normalized spacial score (nSPS) is 8.20. The van der Waals surface area contributed by atoms with Crippen molar-refractivity contribution in [2.24, 2.45) is 0 Å². The molecule has 0 saturated heterocycles. The molecule has 0 radical (unpaired) electrons. The van der Waals surface area contributed by atoms with Gasteiger partial charge in [0.05, 0.1) is 0 Å². The van der Waals surface area contributed by atoms with E-state index in [4.69, 9.17) is 11.6 Å². The number of rotatable bonds is 1. The molecular formula is C8H12ClN. The second kappa shape index (κ2) is 4.18. The average Bonchev–Trinajstić information content (AvgIpc) is 1.90. The third-order valence-electron chi connectivity index (χ3n) is 1.13. The van der Waals surface area contributed by atoms with E-state index in [1.807, 2.05) is 31.3 Å². The summed E-state index contributed by atoms with van der Waals surface area (Å²) in [5.41, 5.74) is 1.08. The van der Waals surface area contributed by atoms with Crippen LogP contribution in [0.4, 0.5) is 5.69 Å². The molecule has 0 aliphatic rings. The average molecular weight is 158 g/mol. The van der Waals surface area contributed by atoms with E-state index in [-0.39, 0.29) is 7.43 Å². The van der Waals surface area contributed by atoms with Gasteiger partial charge in [-0.05, 0) is 24.3 Å². The summed E-state index contributed by atoms with van der Waals surface area (Å²) in [6.07, 6.45) is 0. The molecule has 0 saturated carbocycles. The van der Waals surface area contributed by atoms with Gasteiger partial charge in [-0.1, -0.05) is 19.0 Å². The van der Waals surface area contributed by atoms with E-state index < -0.39 is 0 Å². The predicted molar refractivity (Wildman–Crippen MR) is 47.7 cm³/mol. The molecule has 0 aliphatic heterocycles. The fourth-order valence-corrected chi connectivity index (χ4v) is 0.743. The summed E-state index contributed by atoms with van der Waals surface area (Å²) in [6, 6.07) is 7.57. The highest BCUT2D eigenvalue weighted by molar-refractivity contribution is 6.30. The number of nitrogens with one attached hydrogen (secondary N) is 1. The molecule has 0 aromatic heterocycles. The van der Waals surface area contributed by atoms with Gasteiger partial charge >= 0.3 is 0 Å². The van der Waals surface area contributed by atoms with Crippen molar-refractivity contribution in [3.05, 3.63) is 29.3 Å². The van der Waals surface area contributed by atoms with E-state index >= 15 is 0 Å². The third-order valence-corrected chi connectivity index (χ3v) is 1.38. The zero-order valence-electron chi connectivity index (χ0n) is 5.19. The van der Waals surface area contributed by atoms with Crippen LogP contribution in [0.3, 0.4) is 0 Å². The van der Waals surface area contributed by atoms with E-state index in [0.29, 0.717) is 0 Å². The summed E-state index contributed by atoms with van der Waals surface area (Å²) in [5, 5.41) is 3.77. The second-order valence-electron chi connectivity index (χ2n) is 1.76. The lowest BCUT2D eigenvalue weighted by atomic mass is 10.3. The summed E-state index contributed by atoms with van der Waals surface area (Å²) in [5.74, 6) is 0. The smallest absolute Gasteiger partial charge is 0.0407 e. The highest BCUT2D eigenvalue weighted by Crippen LogP contribution is 2.11. The number of anilines is 1. The molecule has 0 unspecified atom stereocenters. The summed E-state index contributed by atoms with van der Waals surface area (Å²) in [7, 11) is 1.88. The Morgan fingerprint density at radius 3 is 2.10 bits per heavy atom. The van der Waals surface area contributed by atoms with Crippen LogP contribution in [-0.2, 0) is 0 Å². The fraction of sp³-hybridized carbons (Fsp3) is 0.250. The summed E-state index contributed by atoms with van der Waals surface area (Å²) < 4.78 is 0. The molecule has 10 heavy (non-hydrogen) atoms. The number of halogens is 1. The van der Waals surface area contributed by atoms with Gasteiger partial charge in [0.1, 0.15) is 0 Å². The monoisotopic (exact) mass is 157 g/mol. The SMILES string of the molecule is C.CNc1ccc(Cl)cc1. The van der Waals surface area contributed by atoms with Crippen LogP contribution >= 0.6 is 11.6 Å². The molecule has 0 fully saturated rings. The van der Waals surface area contributed by atoms with Crippen molar-refractivity contribution in [1.29, 1.82) is 0 Å². The van der Waals surface area contributed by atoms with E-state index in [1.54, 1.807) is 0 Å². The summed E-state index contributed by atoms with van der Waals surface area (Å²) >= 11 is 5.64. The van der Waals surface area contributed by atoms with Gasteiger partial charge in [0, 0.05) is 17.8 Å². The van der Waals surface area contributed by atoms with Crippen LogP contribution in [0, 0.1) is 0 Å². The molecule has 0 atom stereocenters. The topological polar surface area (TPSA) is 12.0 Å². The first-order valence-corrected chi connectivity index (χ1v) is 3.14. The lowest BCUT2D eigenvalue weighted by Crippen LogP contribution is -1.84. The first kappa shape index (κ1) is 9.31. The Morgan fingerprint density at radius 2 is 1.70 bits per heavy atom. The second-order valence-corrected chi connectivity index (χ2v) is 2.19. The van der Waals surface area contributed by atoms with Gasteiger partial charge in [-0.2, -0.15) is 0 Å². The molecule has 0 bridgehead atoms. The molecule has 0 spiro atoms. The van der Waals surface area contributed by atoms with E-state index in [1.165, 1.54) is 0 Å². The lowest BCUT2D eigenvalue weighted by molar-refractivity contribution is 1.51. The van der Waals surface area contributed by atoms with Gasteiger partial charge in [0.2, 0.25) is 0 Å². The highest BCUT2D eigenvalue weighted by Gasteiger charge is 1.85. The van der Waals surface area contributed by atoms with Crippen LogP contribution in [0.1, 0.15) is 7.43 Å². The maximum absolute atomic E-state index is 5.64. The number of hydrogen-bond acceptors (Lipinski definition) is 1. The zero-order chi connectivity index (χ0) is 6.69. The molecular weight excluding hydrogens is 146 g/mol. The van der Waals surface area contributed by atoms with E-state index in [9.17, 15) is 0 Å². The van der Waals surface area contributed by atoms with Gasteiger partial charge in [0.15, 0.2) is 0 Å². The Bertz CT molecular complexity index is 181. The first-order chi connectivity index (χ1) is 4.33. The molecule has 56 valence electrons. The molecule has 1 nitrogen and oxygen atoms in total. The van der Waals surface area contributed by atoms with Crippen LogP contribution in [0.5, 0.6) is 0 Å². The molecule has 0 aliphatic carbocycles. The van der Waals surface area contributed by atoms with Crippen LogP contribution in [0.2, 0.25) is 5.02 Å². The van der Waals surface area contributed by atoms with Crippen molar-refractivity contribution in [2.75, 3.05) is 12.4 Å². The van der Waals surface area contributed by atoms with E-state index in [2.05, 4.69) is 5.32 Å². The maximum atomic E-state index is 5.64. The molecule has 1 N–H and O–H groups in total. The Labute approximate surface area is 67.0 Å². The van der Waals surface area contributed by atoms with Crippen LogP contribution < -0.4 is 5.32 Å². The molecule has 0 amide bonds. The maximum Gasteiger partial charge on any atom is 0.0407 e. The zero-order valence-corrected chi connectivity index (χ0v) is 5.94. The minimum atomic E-state index is 0. The molecule has 1 rings (SSSR count). The van der Waals surface area contributed by atoms with Crippen molar-refractivity contribution in [3.8, 4) is 0 Å². The molecule has 1 aromatic carbocycles. The van der Waals surface area contributed by atoms with Gasteiger partial charge in [0.25, 0.3) is 0 Å².